The van der Waals surface area contributed by atoms with Crippen LogP contribution in [-0.2, 0) is 98.5 Å². The first-order valence-electron chi connectivity index (χ1n) is 42.7. The number of aliphatic hydroxyl groups is 1. The van der Waals surface area contributed by atoms with Crippen LogP contribution in [0.15, 0.2) is 147 Å². The number of nitro groups is 2. The number of fused-ring (bicyclic) bond motifs is 2. The van der Waals surface area contributed by atoms with E-state index in [-0.39, 0.29) is 164 Å². The molecule has 0 unspecified atom stereocenters. The molecule has 4 atom stereocenters. The second-order valence-electron chi connectivity index (χ2n) is 31.1. The van der Waals surface area contributed by atoms with Crippen molar-refractivity contribution in [2.45, 2.75) is 152 Å². The summed E-state index contributed by atoms with van der Waals surface area (Å²) in [5.74, 6) is -3.42. The first-order chi connectivity index (χ1) is 66.1. The standard InChI is InChI=1S/C24H26F3N7O5.C22H24FN7O3.C20H22FN7O2.C12H15ClN4O5.C11H12FN3.Al.Li.H/c1-5-39-22(36)19-20(34(37)38)21(32(4)14(2)15(3)35)31-23(30-19)28-10-17-11-29-33(13-17)12-16-6-8-18(9-7-16)24(25,26)27;1-4-33-21(32)18-17-19(29(3)13(2)20(31)26-17)28-22(27-18)24-9-15-10-25-30(12-15)11-14-5-7-16(23)8-6-14;1-12-19(30)25-17-16(11-29)24-20(26-18(17)27(12)2)22-7-14-8-23-28(10-14)9-13-3-5-15(21)6-4-13;1-5-22-11(19)8-9(17(20)21)10(15-12(13)14-8)16(4)6(2)7(3)18;12-11-3-1-9(2-4-11)7-15-8-10(5-13)6-14-15;;;/h6-9,11,13-14H,5,10,12H2,1-4H3,(H,28,30,31);5-8,10,12-13H,4,9,11H2,1-3H3,(H,26,31)(H,24,27,28);3-6,8,10,12,29H,7,9,11H2,1-2H3,(H,25,30)(H,22,24,26);6H,5H2,1-4H3;1-4,6,8H,5,7,13H2;;;/q;;;;;;+1;-1/t14-;13-;12-;6-;;;;/m0000..../s1. The molecule has 4 aromatic carbocycles. The van der Waals surface area contributed by atoms with Crippen LogP contribution in [0.3, 0.4) is 0 Å². The molecule has 0 aliphatic carbocycles. The maximum absolute atomic E-state index is 13.1. The minimum Gasteiger partial charge on any atom is -1.00 e. The molecular formula is C89H100AlClF6LiN28O15. The predicted molar refractivity (Wildman–Crippen MR) is 503 cm³/mol. The summed E-state index contributed by atoms with van der Waals surface area (Å²) in [5, 5.41) is 64.1. The van der Waals surface area contributed by atoms with E-state index in [1.807, 2.05) is 18.6 Å². The zero-order chi connectivity index (χ0) is 101. The number of aliphatic hydroxyl groups excluding tert-OH is 1. The fourth-order valence-electron chi connectivity index (χ4n) is 13.1. The van der Waals surface area contributed by atoms with Crippen molar-refractivity contribution in [3.05, 3.63) is 262 Å². The molecule has 52 heteroatoms. The Balaban J connectivity index is 0.000000246. The normalized spacial score (nSPS) is 13.1. The minimum atomic E-state index is -4.42. The van der Waals surface area contributed by atoms with Gasteiger partial charge >= 0.3 is 54.3 Å². The molecule has 739 valence electrons. The third-order valence-electron chi connectivity index (χ3n) is 21.3. The van der Waals surface area contributed by atoms with Gasteiger partial charge in [0.2, 0.25) is 58.0 Å². The van der Waals surface area contributed by atoms with Gasteiger partial charge in [0.15, 0.2) is 28.9 Å². The number of carbonyl (C=O) groups excluding carboxylic acids is 7. The van der Waals surface area contributed by atoms with Gasteiger partial charge in [-0.15, -0.1) is 0 Å². The molecule has 8 aromatic heterocycles. The molecule has 43 nitrogen and oxygen atoms in total. The number of hydrogen-bond acceptors (Lipinski definition) is 35. The van der Waals surface area contributed by atoms with Crippen molar-refractivity contribution < 1.29 is 109 Å². The Hall–Kier alpha value is -15.0. The van der Waals surface area contributed by atoms with Gasteiger partial charge in [-0.2, -0.15) is 58.5 Å². The monoisotopic (exact) mass is 1980 g/mol. The van der Waals surface area contributed by atoms with Crippen LogP contribution in [0.1, 0.15) is 151 Å². The van der Waals surface area contributed by atoms with E-state index in [1.165, 1.54) is 111 Å². The number of carbonyl (C=O) groups is 7. The van der Waals surface area contributed by atoms with Crippen molar-refractivity contribution in [1.29, 1.82) is 0 Å². The number of Topliss-reactive ketones (excluding diaryl/α,β-unsaturated/α-hetero) is 2. The fraction of sp³-hybridized carbons (Fsp3) is 0.337. The summed E-state index contributed by atoms with van der Waals surface area (Å²) in [6, 6.07) is 21.3. The van der Waals surface area contributed by atoms with Gasteiger partial charge in [-0.05, 0) is 145 Å². The van der Waals surface area contributed by atoms with E-state index in [2.05, 4.69) is 86.9 Å². The minimum absolute atomic E-state index is 0. The van der Waals surface area contributed by atoms with Crippen LogP contribution >= 0.6 is 11.6 Å². The molecule has 3 radical (unpaired) electrons. The van der Waals surface area contributed by atoms with Gasteiger partial charge in [0.25, 0.3) is 0 Å². The molecule has 2 aliphatic rings. The van der Waals surface area contributed by atoms with Gasteiger partial charge in [-0.25, -0.2) is 42.5 Å². The molecule has 0 spiro atoms. The van der Waals surface area contributed by atoms with E-state index < -0.39 is 80.4 Å². The SMILES string of the molecule is CCOC(=O)c1nc(Cl)nc(N(C)[C@@H](C)C(C)=O)c1[N+](=O)[O-].CCOC(=O)c1nc(NCc2cnn(Cc3ccc(C(F)(F)F)cc3)c2)nc(N(C)[C@@H](C)C(C)=O)c1[N+](=O)[O-].CCOC(=O)c1nc(NCc2cnn(Cc3ccc(F)cc3)c2)nc2c1NC(=O)[C@H](C)N2C.C[C@H]1C(=O)Nc2c(CO)nc(NCc3cnn(Cc4ccc(F)cc4)c3)nc2N1C.NCc1cnn(Cc2ccc(F)cc2)c1.[Al].[H-].[Li+]. The predicted octanol–water partition coefficient (Wildman–Crippen LogP) is 7.91. The van der Waals surface area contributed by atoms with Crippen LogP contribution in [0.25, 0.3) is 0 Å². The number of nitrogens with one attached hydrogen (secondary N) is 5. The van der Waals surface area contributed by atoms with Crippen molar-refractivity contribution in [3.8, 4) is 0 Å². The number of alkyl halides is 3. The second-order valence-corrected chi connectivity index (χ2v) is 31.4. The first-order valence-corrected chi connectivity index (χ1v) is 43.1. The van der Waals surface area contributed by atoms with Gasteiger partial charge in [0.05, 0.1) is 111 Å². The number of ether oxygens (including phenoxy) is 3. The van der Waals surface area contributed by atoms with Crippen LogP contribution < -0.4 is 70.8 Å². The molecule has 2 amide bonds. The Morgan fingerprint density at radius 1 is 0.518 bits per heavy atom. The molecule has 14 rings (SSSR count). The summed E-state index contributed by atoms with van der Waals surface area (Å²) in [6.45, 7) is 17.1. The quantitative estimate of drug-likeness (QED) is 0.00390. The molecule has 12 aromatic rings. The van der Waals surface area contributed by atoms with Crippen molar-refractivity contribution in [2.75, 3.05) is 94.2 Å². The smallest absolute Gasteiger partial charge is 1.00 e. The second kappa shape index (κ2) is 51.1. The van der Waals surface area contributed by atoms with Crippen LogP contribution in [0.2, 0.25) is 5.28 Å². The number of likely N-dealkylation sites (N-methyl/N-ethyl adjacent to an activating group) is 4. The number of hydrogen-bond donors (Lipinski definition) is 7. The molecule has 0 fully saturated rings. The number of rotatable bonds is 33. The molecule has 10 heterocycles. The number of ketones is 2. The van der Waals surface area contributed by atoms with E-state index in [0.29, 0.717) is 79.4 Å². The third kappa shape index (κ3) is 30.0. The van der Waals surface area contributed by atoms with Gasteiger partial charge in [-0.1, -0.05) is 48.5 Å². The first kappa shape index (κ1) is 111. The van der Waals surface area contributed by atoms with E-state index in [4.69, 9.17) is 31.5 Å². The summed E-state index contributed by atoms with van der Waals surface area (Å²) >= 11 is 5.74. The maximum Gasteiger partial charge on any atom is 1.00 e. The van der Waals surface area contributed by atoms with E-state index in [1.54, 1.807) is 134 Å². The van der Waals surface area contributed by atoms with E-state index in [0.717, 1.165) is 45.5 Å². The molecule has 8 N–H and O–H groups in total. The van der Waals surface area contributed by atoms with E-state index in [9.17, 15) is 85.2 Å². The fourth-order valence-corrected chi connectivity index (χ4v) is 13.2. The molecule has 0 saturated heterocycles. The Bertz CT molecular complexity index is 6400. The average Bonchev–Trinajstić information content (AvgIpc) is 0.867. The number of anilines is 9. The summed E-state index contributed by atoms with van der Waals surface area (Å²) in [5.41, 5.74) is 10.2. The van der Waals surface area contributed by atoms with Gasteiger partial charge < -0.3 is 72.7 Å². The van der Waals surface area contributed by atoms with Crippen LogP contribution in [0.5, 0.6) is 0 Å². The number of benzene rings is 4. The number of amides is 2. The topological polar surface area (TPSA) is 527 Å². The molecular weight excluding hydrogens is 1880 g/mol. The van der Waals surface area contributed by atoms with Crippen LogP contribution in [0.4, 0.5) is 90.2 Å². The van der Waals surface area contributed by atoms with Gasteiger partial charge in [-0.3, -0.25) is 58.1 Å². The number of esters is 3. The molecule has 0 saturated carbocycles. The Morgan fingerprint density at radius 2 is 0.837 bits per heavy atom. The molecule has 0 bridgehead atoms. The Morgan fingerprint density at radius 3 is 1.18 bits per heavy atom. The largest absolute Gasteiger partial charge is 1.00 e. The zero-order valence-corrected chi connectivity index (χ0v) is 80.9. The maximum atomic E-state index is 13.1. The summed E-state index contributed by atoms with van der Waals surface area (Å²) in [7, 11) is 6.38. The molecule has 2 aliphatic heterocycles. The van der Waals surface area contributed by atoms with Crippen molar-refractivity contribution in [1.82, 2.24) is 79.0 Å². The van der Waals surface area contributed by atoms with Crippen molar-refractivity contribution >= 4 is 134 Å². The molecule has 141 heavy (non-hydrogen) atoms. The van der Waals surface area contributed by atoms with Crippen molar-refractivity contribution in [3.63, 3.8) is 0 Å². The average molecular weight is 1990 g/mol. The van der Waals surface area contributed by atoms with Crippen molar-refractivity contribution in [2.24, 2.45) is 5.73 Å². The van der Waals surface area contributed by atoms with Gasteiger partial charge in [0.1, 0.15) is 40.9 Å². The summed E-state index contributed by atoms with van der Waals surface area (Å²) in [4.78, 5) is 145. The Kier molecular flexibility index (Phi) is 40.4. The number of nitrogens with two attached hydrogens (primary N) is 1. The number of aromatic nitrogens is 16. The number of nitrogens with zero attached hydrogens (tertiary/aromatic N) is 22. The van der Waals surface area contributed by atoms with Gasteiger partial charge in [0, 0.05) is 119 Å². The third-order valence-corrected chi connectivity index (χ3v) is 21.5. The zero-order valence-electron chi connectivity index (χ0n) is 80.0. The van der Waals surface area contributed by atoms with Crippen LogP contribution in [-0.4, -0.2) is 225 Å². The summed E-state index contributed by atoms with van der Waals surface area (Å²) < 4.78 is 98.7. The summed E-state index contributed by atoms with van der Waals surface area (Å²) in [6.07, 6.45) is 9.55. The van der Waals surface area contributed by atoms with Crippen LogP contribution in [0, 0.1) is 37.7 Å². The number of halogens is 7. The Labute approximate surface area is 831 Å². The van der Waals surface area contributed by atoms with E-state index >= 15 is 0 Å².